The van der Waals surface area contributed by atoms with Crippen LogP contribution in [0.3, 0.4) is 0 Å². The summed E-state index contributed by atoms with van der Waals surface area (Å²) in [6.07, 6.45) is 4.52. The lowest BCUT2D eigenvalue weighted by Crippen LogP contribution is -2.45. The van der Waals surface area contributed by atoms with Crippen LogP contribution in [0.4, 0.5) is 0 Å². The maximum absolute atomic E-state index is 12.8. The van der Waals surface area contributed by atoms with Crippen molar-refractivity contribution in [3.63, 3.8) is 0 Å². The Bertz CT molecular complexity index is 1150. The summed E-state index contributed by atoms with van der Waals surface area (Å²) in [5.41, 5.74) is 1.04. The molecule has 4 heterocycles. The van der Waals surface area contributed by atoms with Gasteiger partial charge in [-0.3, -0.25) is 14.0 Å². The summed E-state index contributed by atoms with van der Waals surface area (Å²) in [5, 5.41) is 3.16. The van der Waals surface area contributed by atoms with Crippen LogP contribution in [0.1, 0.15) is 10.5 Å². The van der Waals surface area contributed by atoms with Crippen LogP contribution >= 0.6 is 0 Å². The lowest BCUT2D eigenvalue weighted by Gasteiger charge is -2.27. The molecule has 1 aliphatic heterocycles. The van der Waals surface area contributed by atoms with Crippen LogP contribution in [0.15, 0.2) is 47.4 Å². The zero-order valence-corrected chi connectivity index (χ0v) is 15.7. The van der Waals surface area contributed by atoms with Gasteiger partial charge in [-0.25, -0.2) is 4.98 Å². The summed E-state index contributed by atoms with van der Waals surface area (Å²) in [7, 11) is 4.70. The highest BCUT2D eigenvalue weighted by Gasteiger charge is 2.36. The molecule has 1 N–H and O–H groups in total. The lowest BCUT2D eigenvalue weighted by molar-refractivity contribution is -0.238. The minimum atomic E-state index is -1.10. The van der Waals surface area contributed by atoms with E-state index < -0.39 is 12.1 Å². The fraction of sp³-hybridized carbons (Fsp3) is 0.316. The van der Waals surface area contributed by atoms with E-state index in [4.69, 9.17) is 14.2 Å². The third-order valence-corrected chi connectivity index (χ3v) is 4.84. The quantitative estimate of drug-likeness (QED) is 0.655. The number of aryl methyl sites for hydroxylation is 1. The molecule has 0 spiro atoms. The third kappa shape index (κ3) is 2.89. The van der Waals surface area contributed by atoms with Crippen LogP contribution in [-0.4, -0.2) is 52.7 Å². The van der Waals surface area contributed by atoms with Gasteiger partial charge in [-0.2, -0.15) is 0 Å². The number of hydrogen-bond donors (Lipinski definition) is 1. The number of carbonyl (C=O) groups is 1. The summed E-state index contributed by atoms with van der Waals surface area (Å²) in [6, 6.07) is 6.84. The van der Waals surface area contributed by atoms with Crippen molar-refractivity contribution in [1.29, 1.82) is 0 Å². The van der Waals surface area contributed by atoms with E-state index in [0.29, 0.717) is 22.4 Å². The molecule has 0 saturated heterocycles. The van der Waals surface area contributed by atoms with Crippen molar-refractivity contribution in [3.05, 3.63) is 58.7 Å². The average molecular weight is 384 g/mol. The van der Waals surface area contributed by atoms with Gasteiger partial charge in [0.15, 0.2) is 6.29 Å². The monoisotopic (exact) mass is 384 g/mol. The molecule has 3 aromatic heterocycles. The van der Waals surface area contributed by atoms with Crippen LogP contribution in [0.2, 0.25) is 0 Å². The van der Waals surface area contributed by atoms with Crippen molar-refractivity contribution in [3.8, 4) is 0 Å². The normalized spacial score (nSPS) is 21.6. The Hall–Kier alpha value is -3.01. The zero-order valence-electron chi connectivity index (χ0n) is 15.7. The Labute approximate surface area is 160 Å². The van der Waals surface area contributed by atoms with Gasteiger partial charge in [0, 0.05) is 27.5 Å². The van der Waals surface area contributed by atoms with E-state index in [9.17, 15) is 9.59 Å². The summed E-state index contributed by atoms with van der Waals surface area (Å²) < 4.78 is 19.2. The number of nitrogens with one attached hydrogen (secondary N) is 1. The zero-order chi connectivity index (χ0) is 19.9. The molecule has 28 heavy (non-hydrogen) atoms. The maximum Gasteiger partial charge on any atom is 0.268 e. The highest BCUT2D eigenvalue weighted by molar-refractivity contribution is 5.98. The Morgan fingerprint density at radius 3 is 2.93 bits per heavy atom. The van der Waals surface area contributed by atoms with Crippen molar-refractivity contribution < 1.29 is 19.0 Å². The predicted molar refractivity (Wildman–Crippen MR) is 101 cm³/mol. The number of rotatable bonds is 5. The lowest BCUT2D eigenvalue weighted by atomic mass is 10.2. The molecule has 0 bridgehead atoms. The number of pyridine rings is 1. The molecular weight excluding hydrogens is 364 g/mol. The number of hydrogen-bond acceptors (Lipinski definition) is 6. The van der Waals surface area contributed by atoms with Gasteiger partial charge in [-0.15, -0.1) is 0 Å². The molecule has 1 aliphatic rings. The minimum Gasteiger partial charge on any atom is -0.352 e. The number of amides is 1. The second kappa shape index (κ2) is 6.86. The summed E-state index contributed by atoms with van der Waals surface area (Å²) >= 11 is 0. The van der Waals surface area contributed by atoms with Gasteiger partial charge in [0.1, 0.15) is 17.0 Å². The van der Waals surface area contributed by atoms with Crippen LogP contribution in [0, 0.1) is 0 Å². The van der Waals surface area contributed by atoms with Gasteiger partial charge in [0.2, 0.25) is 5.79 Å². The Morgan fingerprint density at radius 1 is 1.39 bits per heavy atom. The summed E-state index contributed by atoms with van der Waals surface area (Å²) in [5.74, 6) is -1.48. The number of methoxy groups -OCH3 is 2. The maximum atomic E-state index is 12.8. The van der Waals surface area contributed by atoms with E-state index in [1.165, 1.54) is 18.6 Å². The second-order valence-corrected chi connectivity index (χ2v) is 6.45. The van der Waals surface area contributed by atoms with Crippen molar-refractivity contribution in [2.45, 2.75) is 12.1 Å². The van der Waals surface area contributed by atoms with E-state index in [1.807, 2.05) is 0 Å². The number of nitrogens with zero attached hydrogens (tertiary/aromatic N) is 3. The molecule has 0 saturated carbocycles. The van der Waals surface area contributed by atoms with Crippen LogP contribution < -0.4 is 10.9 Å². The third-order valence-electron chi connectivity index (χ3n) is 4.84. The van der Waals surface area contributed by atoms with Gasteiger partial charge >= 0.3 is 0 Å². The number of fused-ring (bicyclic) bond motifs is 2. The molecule has 0 radical (unpaired) electrons. The minimum absolute atomic E-state index is 0.0780. The smallest absolute Gasteiger partial charge is 0.268 e. The fourth-order valence-electron chi connectivity index (χ4n) is 3.25. The molecule has 9 nitrogen and oxygen atoms in total. The fourth-order valence-corrected chi connectivity index (χ4v) is 3.25. The Morgan fingerprint density at radius 2 is 2.21 bits per heavy atom. The largest absolute Gasteiger partial charge is 0.352 e. The number of aromatic nitrogens is 3. The summed E-state index contributed by atoms with van der Waals surface area (Å²) in [6.45, 7) is 0.0780. The Balaban J connectivity index is 1.64. The molecule has 1 amide bonds. The average Bonchev–Trinajstić information content (AvgIpc) is 3.29. The highest BCUT2D eigenvalue weighted by Crippen LogP contribution is 2.24. The van der Waals surface area contributed by atoms with Crippen LogP contribution in [-0.2, 0) is 21.3 Å². The Kier molecular flexibility index (Phi) is 4.50. The van der Waals surface area contributed by atoms with E-state index in [0.717, 1.165) is 0 Å². The molecule has 3 aromatic rings. The summed E-state index contributed by atoms with van der Waals surface area (Å²) in [4.78, 5) is 30.0. The molecule has 146 valence electrons. The first kappa shape index (κ1) is 18.4. The molecule has 0 unspecified atom stereocenters. The van der Waals surface area contributed by atoms with Crippen molar-refractivity contribution in [1.82, 2.24) is 19.3 Å². The first-order valence-corrected chi connectivity index (χ1v) is 8.68. The van der Waals surface area contributed by atoms with Gasteiger partial charge in [0.05, 0.1) is 11.9 Å². The van der Waals surface area contributed by atoms with Crippen molar-refractivity contribution in [2.24, 2.45) is 7.05 Å². The topological polar surface area (TPSA) is 96.1 Å². The predicted octanol–water partition coefficient (Wildman–Crippen LogP) is 0.818. The van der Waals surface area contributed by atoms with E-state index >= 15 is 0 Å². The SMILES string of the molecule is CO[C@H]1C=C[C@](CNC(=O)c2cc3c(=O)n4ccccc4nc3n2C)(OC)O1. The second-order valence-electron chi connectivity index (χ2n) is 6.45. The number of ether oxygens (including phenoxy) is 3. The first-order valence-electron chi connectivity index (χ1n) is 8.68. The molecule has 0 aromatic carbocycles. The molecule has 0 fully saturated rings. The van der Waals surface area contributed by atoms with Gasteiger partial charge in [0.25, 0.3) is 11.5 Å². The number of carbonyl (C=O) groups excluding carboxylic acids is 1. The van der Waals surface area contributed by atoms with Crippen LogP contribution in [0.25, 0.3) is 16.7 Å². The first-order chi connectivity index (χ1) is 13.5. The van der Waals surface area contributed by atoms with E-state index in [2.05, 4.69) is 10.3 Å². The van der Waals surface area contributed by atoms with Crippen molar-refractivity contribution >= 4 is 22.6 Å². The van der Waals surface area contributed by atoms with Gasteiger partial charge in [-0.05, 0) is 30.4 Å². The molecule has 2 atom stereocenters. The molecule has 4 rings (SSSR count). The molecular formula is C19H20N4O5. The van der Waals surface area contributed by atoms with E-state index in [-0.39, 0.29) is 18.0 Å². The van der Waals surface area contributed by atoms with Gasteiger partial charge in [-0.1, -0.05) is 6.07 Å². The molecule has 9 heteroatoms. The standard InChI is InChI=1S/C19H20N4O5/c1-22-13(17(24)20-11-19(27-3)8-7-15(26-2)28-19)10-12-16(22)21-14-6-4-5-9-23(14)18(12)25/h4-10,15H,11H2,1-3H3,(H,20,24)/t15-,19+/m1/s1. The highest BCUT2D eigenvalue weighted by atomic mass is 16.8. The van der Waals surface area contributed by atoms with Crippen LogP contribution in [0.5, 0.6) is 0 Å². The van der Waals surface area contributed by atoms with Crippen molar-refractivity contribution in [2.75, 3.05) is 20.8 Å². The molecule has 0 aliphatic carbocycles. The van der Waals surface area contributed by atoms with Gasteiger partial charge < -0.3 is 24.1 Å². The van der Waals surface area contributed by atoms with E-state index in [1.54, 1.807) is 54.2 Å².